The van der Waals surface area contributed by atoms with E-state index in [9.17, 15) is 18.0 Å². The van der Waals surface area contributed by atoms with Gasteiger partial charge in [-0.25, -0.2) is 9.99 Å². The maximum atomic E-state index is 13.5. The van der Waals surface area contributed by atoms with E-state index in [2.05, 4.69) is 31.3 Å². The van der Waals surface area contributed by atoms with Crippen molar-refractivity contribution >= 4 is 78.5 Å². The number of carbonyl (C=O) groups is 2. The van der Waals surface area contributed by atoms with Gasteiger partial charge in [0.05, 0.1) is 29.0 Å². The molecule has 35 heavy (non-hydrogen) atoms. The Kier molecular flexibility index (Phi) is 7.28. The number of carbonyl (C=O) groups excluding carboxylic acids is 2. The molecule has 0 saturated heterocycles. The van der Waals surface area contributed by atoms with Gasteiger partial charge in [0.25, 0.3) is 5.91 Å². The first-order valence-corrected chi connectivity index (χ1v) is 13.7. The van der Waals surface area contributed by atoms with Crippen LogP contribution in [0.4, 0.5) is 11.5 Å². The van der Waals surface area contributed by atoms with Gasteiger partial charge >= 0.3 is 10.1 Å². The van der Waals surface area contributed by atoms with Crippen molar-refractivity contribution in [1.29, 1.82) is 0 Å². The lowest BCUT2D eigenvalue weighted by Gasteiger charge is -2.24. The van der Waals surface area contributed by atoms with E-state index in [0.29, 0.717) is 9.50 Å². The summed E-state index contributed by atoms with van der Waals surface area (Å²) < 4.78 is 28.7. The standard InChI is InChI=1S/C21H20BrCl2N5O5S/c1-28(12-5-6-12)21(31)13-8-11(23)9-14(22)18(13)26-20(30)16-10-17(34-35(2,32)33)27-29(16)19-15(24)4-3-7-25-19/h3-4,7-9,12,16H,5-6,10H2,1-2H3,(H,26,30). The van der Waals surface area contributed by atoms with Crippen LogP contribution < -0.4 is 10.3 Å². The van der Waals surface area contributed by atoms with Gasteiger partial charge in [0.1, 0.15) is 6.04 Å². The molecule has 1 fully saturated rings. The lowest BCUT2D eigenvalue weighted by molar-refractivity contribution is -0.117. The summed E-state index contributed by atoms with van der Waals surface area (Å²) in [5.41, 5.74) is 0.433. The van der Waals surface area contributed by atoms with Crippen molar-refractivity contribution in [3.8, 4) is 0 Å². The van der Waals surface area contributed by atoms with Crippen LogP contribution in [0, 0.1) is 0 Å². The fourth-order valence-corrected chi connectivity index (χ4v) is 5.11. The molecule has 1 aromatic carbocycles. The summed E-state index contributed by atoms with van der Waals surface area (Å²) in [6.45, 7) is 0. The summed E-state index contributed by atoms with van der Waals surface area (Å²) in [6.07, 6.45) is 3.98. The Balaban J connectivity index is 1.67. The molecular formula is C21H20BrCl2N5O5S. The number of nitrogens with zero attached hydrogens (tertiary/aromatic N) is 4. The second-order valence-corrected chi connectivity index (χ2v) is 11.4. The van der Waals surface area contributed by atoms with Crippen LogP contribution in [-0.2, 0) is 19.1 Å². The van der Waals surface area contributed by atoms with Crippen LogP contribution in [0.3, 0.4) is 0 Å². The molecule has 1 atom stereocenters. The van der Waals surface area contributed by atoms with Crippen LogP contribution in [0.25, 0.3) is 0 Å². The molecule has 1 N–H and O–H groups in total. The van der Waals surface area contributed by atoms with Gasteiger partial charge < -0.3 is 14.4 Å². The van der Waals surface area contributed by atoms with Gasteiger partial charge in [0.2, 0.25) is 11.8 Å². The Morgan fingerprint density at radius 3 is 2.63 bits per heavy atom. The van der Waals surface area contributed by atoms with E-state index in [-0.39, 0.29) is 46.4 Å². The third kappa shape index (κ3) is 5.88. The van der Waals surface area contributed by atoms with Crippen LogP contribution in [0.1, 0.15) is 29.6 Å². The minimum absolute atomic E-state index is 0.140. The highest BCUT2D eigenvalue weighted by atomic mass is 79.9. The predicted molar refractivity (Wildman–Crippen MR) is 136 cm³/mol. The van der Waals surface area contributed by atoms with E-state index in [1.165, 1.54) is 17.3 Å². The second kappa shape index (κ2) is 9.92. The fraction of sp³-hybridized carbons (Fsp3) is 0.333. The number of hydrogen-bond donors (Lipinski definition) is 1. The first kappa shape index (κ1) is 25.7. The third-order valence-electron chi connectivity index (χ3n) is 5.34. The highest BCUT2D eigenvalue weighted by Gasteiger charge is 2.39. The van der Waals surface area contributed by atoms with E-state index in [1.54, 1.807) is 30.1 Å². The molecule has 1 saturated carbocycles. The minimum Gasteiger partial charge on any atom is -0.365 e. The highest BCUT2D eigenvalue weighted by molar-refractivity contribution is 9.10. The van der Waals surface area contributed by atoms with Crippen molar-refractivity contribution in [1.82, 2.24) is 9.88 Å². The molecule has 0 spiro atoms. The van der Waals surface area contributed by atoms with E-state index in [4.69, 9.17) is 27.4 Å². The zero-order valence-corrected chi connectivity index (χ0v) is 22.4. The topological polar surface area (TPSA) is 121 Å². The number of benzene rings is 1. The normalized spacial score (nSPS) is 17.7. The number of anilines is 2. The number of hydrazone groups is 1. The third-order valence-corrected chi connectivity index (χ3v) is 6.97. The van der Waals surface area contributed by atoms with Crippen LogP contribution in [0.5, 0.6) is 0 Å². The molecule has 1 unspecified atom stereocenters. The average molecular weight is 605 g/mol. The molecule has 2 aromatic rings. The van der Waals surface area contributed by atoms with Crippen molar-refractivity contribution < 1.29 is 22.2 Å². The molecule has 2 aliphatic rings. The molecule has 1 aliphatic heterocycles. The molecule has 10 nitrogen and oxygen atoms in total. The van der Waals surface area contributed by atoms with Crippen LogP contribution in [-0.4, -0.2) is 61.4 Å². The number of nitrogens with one attached hydrogen (secondary N) is 1. The number of hydrogen-bond acceptors (Lipinski definition) is 8. The predicted octanol–water partition coefficient (Wildman–Crippen LogP) is 3.89. The summed E-state index contributed by atoms with van der Waals surface area (Å²) in [4.78, 5) is 32.4. The lowest BCUT2D eigenvalue weighted by atomic mass is 10.1. The van der Waals surface area contributed by atoms with Crippen LogP contribution >= 0.6 is 39.1 Å². The lowest BCUT2D eigenvalue weighted by Crippen LogP contribution is -2.40. The largest absolute Gasteiger partial charge is 0.365 e. The van der Waals surface area contributed by atoms with E-state index >= 15 is 0 Å². The SMILES string of the molecule is CN(C(=O)c1cc(Cl)cc(Br)c1NC(=O)C1CC(OS(C)(=O)=O)=NN1c1ncccc1Cl)C1CC1. The molecule has 2 heterocycles. The summed E-state index contributed by atoms with van der Waals surface area (Å²) in [5.74, 6) is -0.941. The number of amides is 2. The summed E-state index contributed by atoms with van der Waals surface area (Å²) >= 11 is 15.8. The number of halogens is 3. The van der Waals surface area contributed by atoms with Crippen LogP contribution in [0.15, 0.2) is 40.0 Å². The molecule has 2 amide bonds. The summed E-state index contributed by atoms with van der Waals surface area (Å²) in [6, 6.07) is 5.29. The summed E-state index contributed by atoms with van der Waals surface area (Å²) in [7, 11) is -2.19. The Bertz CT molecular complexity index is 1340. The Hall–Kier alpha value is -2.41. The van der Waals surface area contributed by atoms with Crippen molar-refractivity contribution in [3.63, 3.8) is 0 Å². The van der Waals surface area contributed by atoms with Gasteiger partial charge in [0.15, 0.2) is 5.82 Å². The van der Waals surface area contributed by atoms with Gasteiger partial charge in [-0.1, -0.05) is 23.2 Å². The van der Waals surface area contributed by atoms with Crippen molar-refractivity contribution in [2.45, 2.75) is 31.3 Å². The van der Waals surface area contributed by atoms with E-state index in [1.807, 2.05) is 0 Å². The first-order valence-electron chi connectivity index (χ1n) is 10.4. The van der Waals surface area contributed by atoms with Gasteiger partial charge in [-0.3, -0.25) is 9.59 Å². The molecular weight excluding hydrogens is 585 g/mol. The summed E-state index contributed by atoms with van der Waals surface area (Å²) in [5, 5.41) is 8.61. The van der Waals surface area contributed by atoms with E-state index < -0.39 is 22.1 Å². The van der Waals surface area contributed by atoms with Gasteiger partial charge in [-0.05, 0) is 53.0 Å². The molecule has 14 heteroatoms. The Morgan fingerprint density at radius 1 is 1.29 bits per heavy atom. The monoisotopic (exact) mass is 603 g/mol. The van der Waals surface area contributed by atoms with Gasteiger partial charge in [-0.2, -0.15) is 8.42 Å². The maximum Gasteiger partial charge on any atom is 0.307 e. The van der Waals surface area contributed by atoms with Gasteiger partial charge in [-0.15, -0.1) is 5.10 Å². The Morgan fingerprint density at radius 2 is 2.00 bits per heavy atom. The molecule has 1 aromatic heterocycles. The number of rotatable bonds is 6. The highest BCUT2D eigenvalue weighted by Crippen LogP contribution is 2.35. The maximum absolute atomic E-state index is 13.5. The van der Waals surface area contributed by atoms with Crippen LogP contribution in [0.2, 0.25) is 10.0 Å². The van der Waals surface area contributed by atoms with E-state index in [0.717, 1.165) is 19.1 Å². The molecule has 0 bridgehead atoms. The van der Waals surface area contributed by atoms with Crippen molar-refractivity contribution in [2.24, 2.45) is 5.10 Å². The molecule has 186 valence electrons. The zero-order valence-electron chi connectivity index (χ0n) is 18.5. The minimum atomic E-state index is -3.89. The smallest absolute Gasteiger partial charge is 0.307 e. The number of aromatic nitrogens is 1. The first-order chi connectivity index (χ1) is 16.4. The van der Waals surface area contributed by atoms with Gasteiger partial charge in [0, 0.05) is 28.8 Å². The zero-order chi connectivity index (χ0) is 25.5. The molecule has 4 rings (SSSR count). The average Bonchev–Trinajstić information content (AvgIpc) is 3.54. The number of pyridine rings is 1. The molecule has 1 aliphatic carbocycles. The second-order valence-electron chi connectivity index (χ2n) is 8.10. The van der Waals surface area contributed by atoms with Crippen molar-refractivity contribution in [3.05, 3.63) is 50.5 Å². The Labute approximate surface area is 220 Å². The molecule has 0 radical (unpaired) electrons. The van der Waals surface area contributed by atoms with Crippen molar-refractivity contribution in [2.75, 3.05) is 23.6 Å². The fourth-order valence-electron chi connectivity index (χ4n) is 3.55. The quantitative estimate of drug-likeness (QED) is 0.496.